The van der Waals surface area contributed by atoms with Crippen molar-refractivity contribution in [3.8, 4) is 5.75 Å². The Balaban J connectivity index is 0.00000364. The molecule has 1 aromatic heterocycles. The average Bonchev–Trinajstić information content (AvgIpc) is 3.04. The summed E-state index contributed by atoms with van der Waals surface area (Å²) in [6, 6.07) is 7.86. The molecule has 2 N–H and O–H groups in total. The third-order valence-electron chi connectivity index (χ3n) is 3.99. The maximum absolute atomic E-state index is 5.93. The van der Waals surface area contributed by atoms with Crippen LogP contribution in [-0.2, 0) is 6.54 Å². The highest BCUT2D eigenvalue weighted by Gasteiger charge is 2.07. The van der Waals surface area contributed by atoms with E-state index in [4.69, 9.17) is 4.74 Å². The Bertz CT molecular complexity index is 707. The first-order valence-electron chi connectivity index (χ1n) is 8.93. The van der Waals surface area contributed by atoms with Gasteiger partial charge in [0.15, 0.2) is 5.96 Å². The van der Waals surface area contributed by atoms with Crippen LogP contribution < -0.4 is 15.4 Å². The molecule has 0 spiro atoms. The van der Waals surface area contributed by atoms with Crippen LogP contribution in [0.25, 0.3) is 0 Å². The number of ether oxygens (including phenoxy) is 1. The van der Waals surface area contributed by atoms with E-state index in [1.807, 2.05) is 50.5 Å². The number of nitrogens with zero attached hydrogens (tertiary/aromatic N) is 3. The molecule has 0 aliphatic rings. The van der Waals surface area contributed by atoms with Gasteiger partial charge >= 0.3 is 0 Å². The molecule has 0 amide bonds. The van der Waals surface area contributed by atoms with Crippen molar-refractivity contribution in [1.82, 2.24) is 20.2 Å². The van der Waals surface area contributed by atoms with Crippen LogP contribution in [0.2, 0.25) is 0 Å². The molecule has 6 nitrogen and oxygen atoms in total. The van der Waals surface area contributed by atoms with Crippen LogP contribution in [0.1, 0.15) is 25.6 Å². The zero-order valence-corrected chi connectivity index (χ0v) is 20.0. The Morgan fingerprint density at radius 3 is 2.74 bits per heavy atom. The van der Waals surface area contributed by atoms with Crippen LogP contribution >= 0.6 is 39.9 Å². The van der Waals surface area contributed by atoms with Crippen LogP contribution in [0.15, 0.2) is 46.1 Å². The Hall–Kier alpha value is -1.29. The number of unbranched alkanes of at least 4 members (excludes halogenated alkanes) is 1. The summed E-state index contributed by atoms with van der Waals surface area (Å²) < 4.78 is 9.07. The second-order valence-electron chi connectivity index (χ2n) is 6.11. The number of aliphatic imine (C=N–C) groups is 1. The SMILES string of the molecule is CN=C(NCCCCn1ccnc1C)NCC(C)Oc1ccccc1Br.I. The van der Waals surface area contributed by atoms with E-state index < -0.39 is 0 Å². The highest BCUT2D eigenvalue weighted by atomic mass is 127. The highest BCUT2D eigenvalue weighted by Crippen LogP contribution is 2.24. The maximum atomic E-state index is 5.93. The van der Waals surface area contributed by atoms with Crippen molar-refractivity contribution in [1.29, 1.82) is 0 Å². The second-order valence-corrected chi connectivity index (χ2v) is 6.97. The van der Waals surface area contributed by atoms with E-state index in [0.29, 0.717) is 6.54 Å². The molecule has 0 bridgehead atoms. The van der Waals surface area contributed by atoms with Gasteiger partial charge in [-0.15, -0.1) is 24.0 Å². The number of aromatic nitrogens is 2. The van der Waals surface area contributed by atoms with Crippen molar-refractivity contribution in [3.05, 3.63) is 47.0 Å². The van der Waals surface area contributed by atoms with Crippen molar-refractivity contribution in [2.45, 2.75) is 39.3 Å². The number of benzene rings is 1. The number of hydrogen-bond donors (Lipinski definition) is 2. The smallest absolute Gasteiger partial charge is 0.191 e. The standard InChI is InChI=1S/C19H28BrN5O.HI/c1-15(26-18-9-5-4-8-17(18)20)14-24-19(21-3)23-10-6-7-12-25-13-11-22-16(25)2;/h4-5,8-9,11,13,15H,6-7,10,12,14H2,1-3H3,(H2,21,23,24);1H. The summed E-state index contributed by atoms with van der Waals surface area (Å²) in [6.45, 7) is 6.62. The van der Waals surface area contributed by atoms with Crippen LogP contribution in [0.3, 0.4) is 0 Å². The molecule has 150 valence electrons. The first-order valence-corrected chi connectivity index (χ1v) is 9.73. The molecule has 0 saturated heterocycles. The molecule has 1 unspecified atom stereocenters. The minimum Gasteiger partial charge on any atom is -0.488 e. The molecule has 2 rings (SSSR count). The molecule has 0 saturated carbocycles. The van der Waals surface area contributed by atoms with Crippen molar-refractivity contribution in [2.75, 3.05) is 20.1 Å². The van der Waals surface area contributed by atoms with Gasteiger partial charge in [0.1, 0.15) is 17.7 Å². The fourth-order valence-electron chi connectivity index (χ4n) is 2.51. The molecule has 27 heavy (non-hydrogen) atoms. The van der Waals surface area contributed by atoms with Gasteiger partial charge in [-0.2, -0.15) is 0 Å². The molecule has 0 aliphatic carbocycles. The largest absolute Gasteiger partial charge is 0.488 e. The molecule has 1 heterocycles. The fraction of sp³-hybridized carbons (Fsp3) is 0.474. The van der Waals surface area contributed by atoms with Crippen LogP contribution in [0.5, 0.6) is 5.75 Å². The van der Waals surface area contributed by atoms with Gasteiger partial charge < -0.3 is 19.9 Å². The number of para-hydroxylation sites is 1. The molecular weight excluding hydrogens is 521 g/mol. The number of imidazole rings is 1. The summed E-state index contributed by atoms with van der Waals surface area (Å²) in [4.78, 5) is 8.50. The summed E-state index contributed by atoms with van der Waals surface area (Å²) in [5, 5.41) is 6.65. The Morgan fingerprint density at radius 2 is 2.07 bits per heavy atom. The lowest BCUT2D eigenvalue weighted by molar-refractivity contribution is 0.222. The Labute approximate surface area is 187 Å². The van der Waals surface area contributed by atoms with E-state index in [0.717, 1.165) is 47.9 Å². The first-order chi connectivity index (χ1) is 12.6. The average molecular weight is 550 g/mol. The van der Waals surface area contributed by atoms with E-state index in [1.54, 1.807) is 7.05 Å². The number of aryl methyl sites for hydroxylation is 2. The fourth-order valence-corrected chi connectivity index (χ4v) is 2.89. The summed E-state index contributed by atoms with van der Waals surface area (Å²) in [5.74, 6) is 2.71. The minimum atomic E-state index is 0. The third-order valence-corrected chi connectivity index (χ3v) is 4.64. The minimum absolute atomic E-state index is 0. The van der Waals surface area contributed by atoms with Crippen LogP contribution in [-0.4, -0.2) is 41.8 Å². The van der Waals surface area contributed by atoms with Crippen LogP contribution in [0.4, 0.5) is 0 Å². The maximum Gasteiger partial charge on any atom is 0.191 e. The first kappa shape index (κ1) is 23.7. The quantitative estimate of drug-likeness (QED) is 0.215. The molecule has 1 atom stereocenters. The van der Waals surface area contributed by atoms with E-state index in [9.17, 15) is 0 Å². The van der Waals surface area contributed by atoms with Crippen LogP contribution in [0, 0.1) is 6.92 Å². The van der Waals surface area contributed by atoms with Crippen molar-refractivity contribution in [3.63, 3.8) is 0 Å². The van der Waals surface area contributed by atoms with E-state index >= 15 is 0 Å². The summed E-state index contributed by atoms with van der Waals surface area (Å²) in [5.41, 5.74) is 0. The van der Waals surface area contributed by atoms with Gasteiger partial charge in [0.25, 0.3) is 0 Å². The van der Waals surface area contributed by atoms with Gasteiger partial charge in [0.05, 0.1) is 11.0 Å². The zero-order chi connectivity index (χ0) is 18.8. The number of guanidine groups is 1. The number of nitrogens with one attached hydrogen (secondary N) is 2. The Morgan fingerprint density at radius 1 is 1.30 bits per heavy atom. The Kier molecular flexibility index (Phi) is 11.4. The van der Waals surface area contributed by atoms with Gasteiger partial charge in [-0.25, -0.2) is 4.98 Å². The lowest BCUT2D eigenvalue weighted by atomic mass is 10.3. The van der Waals surface area contributed by atoms with Gasteiger partial charge in [0.2, 0.25) is 0 Å². The summed E-state index contributed by atoms with van der Waals surface area (Å²) in [7, 11) is 1.78. The number of halogens is 2. The molecule has 0 fully saturated rings. The van der Waals surface area contributed by atoms with E-state index in [-0.39, 0.29) is 30.1 Å². The van der Waals surface area contributed by atoms with Gasteiger partial charge in [-0.1, -0.05) is 12.1 Å². The van der Waals surface area contributed by atoms with Crippen molar-refractivity contribution < 1.29 is 4.74 Å². The number of hydrogen-bond acceptors (Lipinski definition) is 3. The van der Waals surface area contributed by atoms with E-state index in [1.165, 1.54) is 0 Å². The highest BCUT2D eigenvalue weighted by molar-refractivity contribution is 14.0. The van der Waals surface area contributed by atoms with Gasteiger partial charge in [-0.05, 0) is 54.8 Å². The molecule has 2 aromatic rings. The van der Waals surface area contributed by atoms with Crippen molar-refractivity contribution >= 4 is 45.9 Å². The summed E-state index contributed by atoms with van der Waals surface area (Å²) in [6.07, 6.45) is 6.06. The predicted octanol–water partition coefficient (Wildman–Crippen LogP) is 3.98. The molecular formula is C19H29BrIN5O. The molecule has 0 aliphatic heterocycles. The van der Waals surface area contributed by atoms with Crippen molar-refractivity contribution in [2.24, 2.45) is 4.99 Å². The summed E-state index contributed by atoms with van der Waals surface area (Å²) >= 11 is 3.50. The normalized spacial score (nSPS) is 12.2. The van der Waals surface area contributed by atoms with E-state index in [2.05, 4.69) is 41.1 Å². The van der Waals surface area contributed by atoms with Gasteiger partial charge in [0, 0.05) is 32.5 Å². The topological polar surface area (TPSA) is 63.5 Å². The number of rotatable bonds is 9. The molecule has 8 heteroatoms. The third kappa shape index (κ3) is 8.50. The predicted molar refractivity (Wildman–Crippen MR) is 125 cm³/mol. The molecule has 1 aromatic carbocycles. The lowest BCUT2D eigenvalue weighted by Gasteiger charge is -2.18. The molecule has 0 radical (unpaired) electrons. The monoisotopic (exact) mass is 549 g/mol. The lowest BCUT2D eigenvalue weighted by Crippen LogP contribution is -2.42. The second kappa shape index (κ2) is 13.0. The zero-order valence-electron chi connectivity index (χ0n) is 16.1. The van der Waals surface area contributed by atoms with Gasteiger partial charge in [-0.3, -0.25) is 4.99 Å².